The van der Waals surface area contributed by atoms with E-state index in [4.69, 9.17) is 14.5 Å². The molecule has 1 fully saturated rings. The Hall–Kier alpha value is -4.33. The van der Waals surface area contributed by atoms with Gasteiger partial charge in [0.1, 0.15) is 17.3 Å². The second-order valence-electron chi connectivity index (χ2n) is 7.70. The molecule has 4 aromatic rings. The van der Waals surface area contributed by atoms with Crippen LogP contribution in [-0.4, -0.2) is 36.0 Å². The van der Waals surface area contributed by atoms with E-state index in [1.54, 1.807) is 36.4 Å². The Morgan fingerprint density at radius 2 is 1.64 bits per heavy atom. The SMILES string of the molecule is COc1ccccc1NC(=O)C1(c2nc3ccccc3[nH]2)CC(=O)N1c1ccccc1OC. The van der Waals surface area contributed by atoms with E-state index in [0.717, 1.165) is 5.52 Å². The first-order valence-corrected chi connectivity index (χ1v) is 10.4. The average Bonchev–Trinajstić information content (AvgIpc) is 3.27. The lowest BCUT2D eigenvalue weighted by molar-refractivity contribution is -0.137. The molecule has 1 atom stereocenters. The van der Waals surface area contributed by atoms with Gasteiger partial charge in [0.05, 0.1) is 43.0 Å². The molecular weight excluding hydrogens is 420 g/mol. The Bertz CT molecular complexity index is 1330. The number of fused-ring (bicyclic) bond motifs is 1. The first-order valence-electron chi connectivity index (χ1n) is 10.4. The zero-order valence-electron chi connectivity index (χ0n) is 18.2. The summed E-state index contributed by atoms with van der Waals surface area (Å²) >= 11 is 0. The molecule has 5 rings (SSSR count). The largest absolute Gasteiger partial charge is 0.495 e. The summed E-state index contributed by atoms with van der Waals surface area (Å²) in [6.07, 6.45) is -0.0497. The number of rotatable bonds is 6. The highest BCUT2D eigenvalue weighted by Gasteiger charge is 2.61. The number of aromatic amines is 1. The molecule has 2 heterocycles. The van der Waals surface area contributed by atoms with Gasteiger partial charge in [-0.05, 0) is 36.4 Å². The minimum atomic E-state index is -1.40. The molecular formula is C25H22N4O4. The number of nitrogens with zero attached hydrogens (tertiary/aromatic N) is 2. The molecule has 1 unspecified atom stereocenters. The maximum Gasteiger partial charge on any atom is 0.259 e. The molecule has 0 spiro atoms. The lowest BCUT2D eigenvalue weighted by atomic mass is 9.80. The summed E-state index contributed by atoms with van der Waals surface area (Å²) in [5, 5.41) is 2.95. The van der Waals surface area contributed by atoms with Gasteiger partial charge in [-0.3, -0.25) is 14.5 Å². The van der Waals surface area contributed by atoms with E-state index in [2.05, 4.69) is 10.3 Å². The van der Waals surface area contributed by atoms with Crippen molar-refractivity contribution in [1.82, 2.24) is 9.97 Å². The van der Waals surface area contributed by atoms with Crippen molar-refractivity contribution >= 4 is 34.2 Å². The fourth-order valence-electron chi connectivity index (χ4n) is 4.25. The lowest BCUT2D eigenvalue weighted by Crippen LogP contribution is -2.67. The number of ether oxygens (including phenoxy) is 2. The van der Waals surface area contributed by atoms with Crippen LogP contribution >= 0.6 is 0 Å². The lowest BCUT2D eigenvalue weighted by Gasteiger charge is -2.49. The number of β-lactam (4-membered cyclic amide) rings is 1. The number of hydrogen-bond acceptors (Lipinski definition) is 5. The Kier molecular flexibility index (Phi) is 4.97. The predicted octanol–water partition coefficient (Wildman–Crippen LogP) is 3.85. The minimum Gasteiger partial charge on any atom is -0.495 e. The third-order valence-electron chi connectivity index (χ3n) is 5.88. The molecule has 3 aromatic carbocycles. The highest BCUT2D eigenvalue weighted by Crippen LogP contribution is 2.48. The zero-order chi connectivity index (χ0) is 23.0. The van der Waals surface area contributed by atoms with Gasteiger partial charge in [0, 0.05) is 0 Å². The summed E-state index contributed by atoms with van der Waals surface area (Å²) in [4.78, 5) is 36.3. The quantitative estimate of drug-likeness (QED) is 0.442. The van der Waals surface area contributed by atoms with Crippen molar-refractivity contribution in [1.29, 1.82) is 0 Å². The molecule has 0 radical (unpaired) electrons. The number of para-hydroxylation sites is 6. The van der Waals surface area contributed by atoms with Crippen LogP contribution in [0.1, 0.15) is 12.2 Å². The molecule has 0 saturated carbocycles. The molecule has 0 bridgehead atoms. The highest BCUT2D eigenvalue weighted by atomic mass is 16.5. The molecule has 1 saturated heterocycles. The molecule has 8 nitrogen and oxygen atoms in total. The van der Waals surface area contributed by atoms with Crippen LogP contribution in [-0.2, 0) is 15.1 Å². The fraction of sp³-hybridized carbons (Fsp3) is 0.160. The van der Waals surface area contributed by atoms with Crippen molar-refractivity contribution in [2.24, 2.45) is 0 Å². The molecule has 2 amide bonds. The van der Waals surface area contributed by atoms with Crippen molar-refractivity contribution in [3.8, 4) is 11.5 Å². The molecule has 2 N–H and O–H groups in total. The van der Waals surface area contributed by atoms with E-state index in [-0.39, 0.29) is 12.3 Å². The number of methoxy groups -OCH3 is 2. The van der Waals surface area contributed by atoms with Crippen molar-refractivity contribution in [3.63, 3.8) is 0 Å². The smallest absolute Gasteiger partial charge is 0.259 e. The Morgan fingerprint density at radius 1 is 0.970 bits per heavy atom. The number of imidazole rings is 1. The standard InChI is InChI=1S/C25H22N4O4/c1-32-20-13-7-5-11-18(20)28-24(31)25(23-26-16-9-3-4-10-17(16)27-23)15-22(30)29(25)19-12-6-8-14-21(19)33-2/h3-14H,15H2,1-2H3,(H,26,27)(H,28,31). The van der Waals surface area contributed by atoms with Gasteiger partial charge in [-0.15, -0.1) is 0 Å². The number of amides is 2. The van der Waals surface area contributed by atoms with Crippen molar-refractivity contribution in [2.45, 2.75) is 12.0 Å². The van der Waals surface area contributed by atoms with E-state index in [9.17, 15) is 9.59 Å². The van der Waals surface area contributed by atoms with Crippen LogP contribution < -0.4 is 19.7 Å². The molecule has 8 heteroatoms. The Labute approximate surface area is 190 Å². The van der Waals surface area contributed by atoms with Crippen LogP contribution in [0.15, 0.2) is 72.8 Å². The maximum atomic E-state index is 13.9. The second kappa shape index (κ2) is 7.98. The van der Waals surface area contributed by atoms with Crippen molar-refractivity contribution in [3.05, 3.63) is 78.6 Å². The van der Waals surface area contributed by atoms with Gasteiger partial charge in [0.2, 0.25) is 5.91 Å². The normalized spacial score (nSPS) is 17.5. The van der Waals surface area contributed by atoms with E-state index >= 15 is 0 Å². The minimum absolute atomic E-state index is 0.0497. The number of nitrogens with one attached hydrogen (secondary N) is 2. The second-order valence-corrected chi connectivity index (χ2v) is 7.70. The summed E-state index contributed by atoms with van der Waals surface area (Å²) in [5.41, 5.74) is 1.07. The topological polar surface area (TPSA) is 96.5 Å². The average molecular weight is 442 g/mol. The number of benzene rings is 3. The number of hydrogen-bond donors (Lipinski definition) is 2. The van der Waals surface area contributed by atoms with Crippen LogP contribution in [0.25, 0.3) is 11.0 Å². The number of carbonyl (C=O) groups is 2. The summed E-state index contributed by atoms with van der Waals surface area (Å²) in [7, 11) is 3.06. The van der Waals surface area contributed by atoms with Gasteiger partial charge >= 0.3 is 0 Å². The van der Waals surface area contributed by atoms with Gasteiger partial charge in [-0.1, -0.05) is 36.4 Å². The first-order chi connectivity index (χ1) is 16.1. The highest BCUT2D eigenvalue weighted by molar-refractivity contribution is 6.17. The summed E-state index contributed by atoms with van der Waals surface area (Å²) < 4.78 is 10.9. The summed E-state index contributed by atoms with van der Waals surface area (Å²) in [6.45, 7) is 0. The van der Waals surface area contributed by atoms with Gasteiger partial charge < -0.3 is 19.8 Å². The van der Waals surface area contributed by atoms with Crippen LogP contribution in [0, 0.1) is 0 Å². The number of anilines is 2. The van der Waals surface area contributed by atoms with Gasteiger partial charge in [-0.2, -0.15) is 0 Å². The molecule has 33 heavy (non-hydrogen) atoms. The first kappa shape index (κ1) is 20.6. The molecule has 1 aliphatic heterocycles. The monoisotopic (exact) mass is 442 g/mol. The van der Waals surface area contributed by atoms with Crippen molar-refractivity contribution in [2.75, 3.05) is 24.4 Å². The predicted molar refractivity (Wildman–Crippen MR) is 124 cm³/mol. The van der Waals surface area contributed by atoms with Crippen LogP contribution in [0.2, 0.25) is 0 Å². The Morgan fingerprint density at radius 3 is 2.36 bits per heavy atom. The summed E-state index contributed by atoms with van der Waals surface area (Å²) in [5.74, 6) is 0.754. The fourth-order valence-corrected chi connectivity index (χ4v) is 4.25. The molecule has 1 aliphatic rings. The van der Waals surface area contributed by atoms with E-state index < -0.39 is 11.4 Å². The molecule has 166 valence electrons. The van der Waals surface area contributed by atoms with Crippen LogP contribution in [0.4, 0.5) is 11.4 Å². The number of carbonyl (C=O) groups excluding carboxylic acids is 2. The molecule has 0 aliphatic carbocycles. The van der Waals surface area contributed by atoms with Crippen LogP contribution in [0.3, 0.4) is 0 Å². The van der Waals surface area contributed by atoms with Gasteiger partial charge in [0.15, 0.2) is 5.54 Å². The van der Waals surface area contributed by atoms with Crippen molar-refractivity contribution < 1.29 is 19.1 Å². The maximum absolute atomic E-state index is 13.9. The zero-order valence-corrected chi connectivity index (χ0v) is 18.2. The van der Waals surface area contributed by atoms with E-state index in [1.165, 1.54) is 19.1 Å². The number of aromatic nitrogens is 2. The van der Waals surface area contributed by atoms with Gasteiger partial charge in [0.25, 0.3) is 5.91 Å². The number of H-pyrrole nitrogens is 1. The van der Waals surface area contributed by atoms with E-state index in [1.807, 2.05) is 36.4 Å². The van der Waals surface area contributed by atoms with Crippen LogP contribution in [0.5, 0.6) is 11.5 Å². The van der Waals surface area contributed by atoms with Gasteiger partial charge in [-0.25, -0.2) is 4.98 Å². The third-order valence-corrected chi connectivity index (χ3v) is 5.88. The molecule has 1 aromatic heterocycles. The van der Waals surface area contributed by atoms with E-state index in [0.29, 0.717) is 34.2 Å². The third kappa shape index (κ3) is 3.18. The summed E-state index contributed by atoms with van der Waals surface area (Å²) in [6, 6.07) is 21.7. The Balaban J connectivity index is 1.67.